The zero-order valence-corrected chi connectivity index (χ0v) is 7.55. The maximum atomic E-state index is 10.5. The van der Waals surface area contributed by atoms with Crippen molar-refractivity contribution in [3.8, 4) is 0 Å². The van der Waals surface area contributed by atoms with Crippen LogP contribution in [0.15, 0.2) is 0 Å². The Bertz CT molecular complexity index is 163. The third-order valence-electron chi connectivity index (χ3n) is 1.51. The Morgan fingerprint density at radius 3 is 3.00 bits per heavy atom. The van der Waals surface area contributed by atoms with E-state index >= 15 is 0 Å². The fourth-order valence-electron chi connectivity index (χ4n) is 0.818. The molecule has 3 nitrogen and oxygen atoms in total. The molecule has 0 aliphatic carbocycles. The van der Waals surface area contributed by atoms with Gasteiger partial charge in [-0.15, -0.1) is 0 Å². The van der Waals surface area contributed by atoms with Crippen molar-refractivity contribution < 1.29 is 11.3 Å². The lowest BCUT2D eigenvalue weighted by molar-refractivity contribution is -0.136. The van der Waals surface area contributed by atoms with E-state index < -0.39 is 11.6 Å². The van der Waals surface area contributed by atoms with Gasteiger partial charge in [0.2, 0.25) is 0 Å². The molecule has 0 fully saturated rings. The summed E-state index contributed by atoms with van der Waals surface area (Å²) in [6.07, 6.45) is 3.68. The van der Waals surface area contributed by atoms with Gasteiger partial charge in [-0.2, -0.15) is 0 Å². The summed E-state index contributed by atoms with van der Waals surface area (Å²) >= 11 is 0. The molecule has 0 unspecified atom stereocenters. The van der Waals surface area contributed by atoms with Crippen LogP contribution in [-0.2, 0) is 4.79 Å². The van der Waals surface area contributed by atoms with E-state index in [-0.39, 0.29) is 0 Å². The van der Waals surface area contributed by atoms with Gasteiger partial charge in [0.15, 0.2) is 1.41 Å². The molecule has 0 spiro atoms. The van der Waals surface area contributed by atoms with Gasteiger partial charge in [0.25, 0.3) is 0 Å². The molecule has 1 atom stereocenters. The minimum Gasteiger partial charge on any atom is -0.480 e. The van der Waals surface area contributed by atoms with Crippen LogP contribution in [0.3, 0.4) is 0 Å². The monoisotopic (exact) mass is 175 g/mol. The molecule has 0 saturated carbocycles. The molecule has 64 valence electrons. The van der Waals surface area contributed by atoms with Crippen LogP contribution >= 0.6 is 8.37 Å². The van der Waals surface area contributed by atoms with Gasteiger partial charge in [0.05, 0.1) is 0 Å². The quantitative estimate of drug-likeness (QED) is 0.481. The molecule has 0 amide bonds. The smallest absolute Gasteiger partial charge is 0.316 e. The van der Waals surface area contributed by atoms with Gasteiger partial charge < -0.3 is 5.11 Å². The SMILES string of the molecule is [1H]N=P[C@@H](CCCCC)C(=O)O. The van der Waals surface area contributed by atoms with E-state index in [0.29, 0.717) is 14.8 Å². The Labute approximate surface area is 70.0 Å². The molecule has 11 heavy (non-hydrogen) atoms. The van der Waals surface area contributed by atoms with Crippen molar-refractivity contribution in [3.63, 3.8) is 0 Å². The molecule has 0 aliphatic heterocycles. The van der Waals surface area contributed by atoms with Gasteiger partial charge in [-0.1, -0.05) is 26.2 Å². The molecule has 0 heterocycles. The molecule has 0 aliphatic rings. The van der Waals surface area contributed by atoms with Crippen molar-refractivity contribution in [2.75, 3.05) is 0 Å². The van der Waals surface area contributed by atoms with Crippen molar-refractivity contribution in [2.24, 2.45) is 0 Å². The Hall–Kier alpha value is -0.430. The molecular formula is C7H14NO2P. The standard InChI is InChI=1S/C7H14NO2P/c1-2-3-4-5-6(11-8)7(9)10/h6,8H,2-5H2,1H3,(H,9,10)/t6-/m0/s1/i/hH. The van der Waals surface area contributed by atoms with E-state index in [0.717, 1.165) is 19.3 Å². The average Bonchev–Trinajstić information content (AvgIpc) is 2.03. The highest BCUT2D eigenvalue weighted by Crippen LogP contribution is 2.15. The topological polar surface area (TPSA) is 61.2 Å². The van der Waals surface area contributed by atoms with E-state index in [1.807, 2.05) is 0 Å². The summed E-state index contributed by atoms with van der Waals surface area (Å²) < 4.78 is 6.56. The lowest BCUT2D eigenvalue weighted by Gasteiger charge is -2.02. The molecule has 0 rings (SSSR count). The van der Waals surface area contributed by atoms with Gasteiger partial charge in [0, 0.05) is 8.37 Å². The number of aliphatic carboxylic acids is 1. The van der Waals surface area contributed by atoms with Crippen LogP contribution in [0.1, 0.15) is 32.6 Å². The average molecular weight is 175 g/mol. The third-order valence-corrected chi connectivity index (χ3v) is 2.26. The molecule has 0 saturated heterocycles. The summed E-state index contributed by atoms with van der Waals surface area (Å²) in [5.41, 5.74) is -0.478. The number of nitrogens with one attached hydrogen (secondary N) is 1. The van der Waals surface area contributed by atoms with Gasteiger partial charge >= 0.3 is 5.97 Å². The highest BCUT2D eigenvalue weighted by atomic mass is 31.1. The number of rotatable bonds is 6. The maximum absolute atomic E-state index is 10.5. The molecule has 0 aromatic rings. The van der Waals surface area contributed by atoms with Crippen LogP contribution in [0, 0.1) is 5.15 Å². The molecule has 0 aromatic carbocycles. The highest BCUT2D eigenvalue weighted by molar-refractivity contribution is 7.27. The van der Waals surface area contributed by atoms with Gasteiger partial charge in [0.1, 0.15) is 5.66 Å². The van der Waals surface area contributed by atoms with Crippen LogP contribution in [0.5, 0.6) is 0 Å². The fourth-order valence-corrected chi connectivity index (χ4v) is 1.22. The molecule has 2 N–H and O–H groups in total. The zero-order valence-electron chi connectivity index (χ0n) is 7.66. The first kappa shape index (κ1) is 8.66. The maximum Gasteiger partial charge on any atom is 0.316 e. The number of carboxylic acid groups (broad SMARTS) is 1. The summed E-state index contributed by atoms with van der Waals surface area (Å²) in [5.74, 6) is -0.844. The summed E-state index contributed by atoms with van der Waals surface area (Å²) in [6.45, 7) is 2.07. The lowest BCUT2D eigenvalue weighted by Crippen LogP contribution is -2.12. The Kier molecular flexibility index (Phi) is 4.96. The second kappa shape index (κ2) is 6.29. The minimum atomic E-state index is -0.844. The summed E-state index contributed by atoms with van der Waals surface area (Å²) in [4.78, 5) is 10.5. The number of carboxylic acids is 1. The zero-order chi connectivity index (χ0) is 9.40. The predicted molar refractivity (Wildman–Crippen MR) is 45.2 cm³/mol. The second-order valence-corrected chi connectivity index (χ2v) is 3.32. The van der Waals surface area contributed by atoms with E-state index in [2.05, 4.69) is 12.1 Å². The number of hydrogen-bond acceptors (Lipinski definition) is 2. The lowest BCUT2D eigenvalue weighted by atomic mass is 10.1. The summed E-state index contributed by atoms with van der Waals surface area (Å²) in [6, 6.07) is 0. The number of hydrogen-bond donors (Lipinski definition) is 2. The largest absolute Gasteiger partial charge is 0.480 e. The molecule has 0 bridgehead atoms. The Morgan fingerprint density at radius 2 is 2.55 bits per heavy atom. The summed E-state index contributed by atoms with van der Waals surface area (Å²) in [7, 11) is 0.358. The predicted octanol–water partition coefficient (Wildman–Crippen LogP) is 2.73. The fraction of sp³-hybridized carbons (Fsp3) is 0.857. The van der Waals surface area contributed by atoms with E-state index in [1.54, 1.807) is 0 Å². The minimum absolute atomic E-state index is 0.358. The van der Waals surface area contributed by atoms with Crippen LogP contribution in [0.2, 0.25) is 1.41 Å². The van der Waals surface area contributed by atoms with E-state index in [4.69, 9.17) is 6.52 Å². The van der Waals surface area contributed by atoms with Crippen LogP contribution in [-0.4, -0.2) is 16.7 Å². The normalized spacial score (nSPS) is 14.8. The van der Waals surface area contributed by atoms with E-state index in [1.165, 1.54) is 0 Å². The molecule has 0 aromatic heterocycles. The molecular weight excluding hydrogens is 161 g/mol. The van der Waals surface area contributed by atoms with Crippen LogP contribution < -0.4 is 0 Å². The first-order chi connectivity index (χ1) is 5.72. The Morgan fingerprint density at radius 1 is 1.82 bits per heavy atom. The van der Waals surface area contributed by atoms with Crippen molar-refractivity contribution >= 4 is 14.3 Å². The van der Waals surface area contributed by atoms with Crippen LogP contribution in [0.4, 0.5) is 0 Å². The second-order valence-electron chi connectivity index (χ2n) is 2.47. The van der Waals surface area contributed by atoms with Crippen molar-refractivity contribution in [3.05, 3.63) is 0 Å². The molecule has 4 heteroatoms. The van der Waals surface area contributed by atoms with Crippen LogP contribution in [0.25, 0.3) is 0 Å². The van der Waals surface area contributed by atoms with Gasteiger partial charge in [-0.05, 0) is 6.42 Å². The first-order valence-corrected chi connectivity index (χ1v) is 4.71. The van der Waals surface area contributed by atoms with E-state index in [9.17, 15) is 4.79 Å². The Balaban J connectivity index is 3.72. The third kappa shape index (κ3) is 4.91. The first-order valence-electron chi connectivity index (χ1n) is 4.24. The number of carbonyl (C=O) groups is 1. The van der Waals surface area contributed by atoms with Gasteiger partial charge in [-0.25, -0.2) is 0 Å². The molecule has 0 radical (unpaired) electrons. The van der Waals surface area contributed by atoms with Gasteiger partial charge in [-0.3, -0.25) is 9.95 Å². The summed E-state index contributed by atoms with van der Waals surface area (Å²) in [5, 5.41) is 11.7. The van der Waals surface area contributed by atoms with Crippen molar-refractivity contribution in [1.82, 2.24) is 0 Å². The van der Waals surface area contributed by atoms with Crippen molar-refractivity contribution in [1.29, 1.82) is 5.15 Å². The highest BCUT2D eigenvalue weighted by Gasteiger charge is 2.13. The number of unbranched alkanes of at least 4 members (excludes halogenated alkanes) is 2. The van der Waals surface area contributed by atoms with Crippen molar-refractivity contribution in [2.45, 2.75) is 38.3 Å².